The van der Waals surface area contributed by atoms with Crippen molar-refractivity contribution >= 4 is 17.3 Å². The van der Waals surface area contributed by atoms with E-state index in [2.05, 4.69) is 5.32 Å². The number of nitro benzene ring substituents is 1. The molecule has 2 rings (SSSR count). The summed E-state index contributed by atoms with van der Waals surface area (Å²) < 4.78 is 5.50. The van der Waals surface area contributed by atoms with Gasteiger partial charge in [-0.2, -0.15) is 0 Å². The molecule has 0 saturated carbocycles. The second kappa shape index (κ2) is 8.28. The fraction of sp³-hybridized carbons (Fsp3) is 0.316. The molecular formula is C19H22N2O4. The molecule has 0 aliphatic carbocycles. The van der Waals surface area contributed by atoms with Gasteiger partial charge in [-0.1, -0.05) is 13.8 Å². The molecule has 132 valence electrons. The van der Waals surface area contributed by atoms with E-state index in [1.165, 1.54) is 12.1 Å². The van der Waals surface area contributed by atoms with Crippen molar-refractivity contribution in [1.82, 2.24) is 0 Å². The third kappa shape index (κ3) is 4.56. The highest BCUT2D eigenvalue weighted by atomic mass is 16.6. The van der Waals surface area contributed by atoms with Gasteiger partial charge in [-0.15, -0.1) is 0 Å². The highest BCUT2D eigenvalue weighted by Gasteiger charge is 2.16. The molecule has 1 N–H and O–H groups in total. The van der Waals surface area contributed by atoms with E-state index in [0.29, 0.717) is 29.8 Å². The minimum Gasteiger partial charge on any atom is -0.494 e. The van der Waals surface area contributed by atoms with E-state index in [0.717, 1.165) is 17.7 Å². The Morgan fingerprint density at radius 2 is 1.88 bits per heavy atom. The summed E-state index contributed by atoms with van der Waals surface area (Å²) in [4.78, 5) is 23.1. The van der Waals surface area contributed by atoms with E-state index in [-0.39, 0.29) is 11.6 Å². The average Bonchev–Trinajstić information content (AvgIpc) is 2.61. The van der Waals surface area contributed by atoms with Gasteiger partial charge >= 0.3 is 0 Å². The van der Waals surface area contributed by atoms with Gasteiger partial charge < -0.3 is 10.1 Å². The van der Waals surface area contributed by atoms with Crippen LogP contribution in [0, 0.1) is 17.0 Å². The van der Waals surface area contributed by atoms with Gasteiger partial charge in [0, 0.05) is 23.4 Å². The van der Waals surface area contributed by atoms with E-state index in [1.54, 1.807) is 31.2 Å². The van der Waals surface area contributed by atoms with Gasteiger partial charge in [-0.25, -0.2) is 0 Å². The lowest BCUT2D eigenvalue weighted by atomic mass is 10.0. The molecule has 0 unspecified atom stereocenters. The summed E-state index contributed by atoms with van der Waals surface area (Å²) >= 11 is 0. The summed E-state index contributed by atoms with van der Waals surface area (Å²) in [6.07, 6.45) is 1.50. The summed E-state index contributed by atoms with van der Waals surface area (Å²) in [7, 11) is 0. The van der Waals surface area contributed by atoms with Crippen molar-refractivity contribution < 1.29 is 14.5 Å². The Labute approximate surface area is 147 Å². The lowest BCUT2D eigenvalue weighted by Crippen LogP contribution is -2.14. The molecule has 0 atom stereocenters. The van der Waals surface area contributed by atoms with Gasteiger partial charge in [0.1, 0.15) is 5.75 Å². The lowest BCUT2D eigenvalue weighted by Gasteiger charge is -2.13. The van der Waals surface area contributed by atoms with Crippen molar-refractivity contribution in [1.29, 1.82) is 0 Å². The van der Waals surface area contributed by atoms with Crippen molar-refractivity contribution in [3.63, 3.8) is 0 Å². The summed E-state index contributed by atoms with van der Waals surface area (Å²) in [6.45, 7) is 6.31. The van der Waals surface area contributed by atoms with Crippen LogP contribution < -0.4 is 10.1 Å². The Hall–Kier alpha value is -2.89. The number of nitrogens with one attached hydrogen (secondary N) is 1. The molecule has 2 aromatic rings. The van der Waals surface area contributed by atoms with Crippen LogP contribution in [0.1, 0.15) is 41.8 Å². The molecule has 0 saturated heterocycles. The summed E-state index contributed by atoms with van der Waals surface area (Å²) in [6, 6.07) is 9.89. The number of carbonyl (C=O) groups excluding carboxylic acids is 1. The lowest BCUT2D eigenvalue weighted by molar-refractivity contribution is -0.384. The van der Waals surface area contributed by atoms with Crippen LogP contribution in [0.25, 0.3) is 0 Å². The van der Waals surface area contributed by atoms with Crippen LogP contribution in [0.3, 0.4) is 0 Å². The number of carbonyl (C=O) groups is 1. The predicted octanol–water partition coefficient (Wildman–Crippen LogP) is 4.51. The zero-order chi connectivity index (χ0) is 18.4. The van der Waals surface area contributed by atoms with Gasteiger partial charge in [0.2, 0.25) is 0 Å². The fourth-order valence-electron chi connectivity index (χ4n) is 2.51. The minimum absolute atomic E-state index is 0.0322. The summed E-state index contributed by atoms with van der Waals surface area (Å²) in [5.74, 6) is 0.466. The van der Waals surface area contributed by atoms with Gasteiger partial charge in [0.05, 0.1) is 11.5 Å². The van der Waals surface area contributed by atoms with Crippen LogP contribution >= 0.6 is 0 Å². The molecular weight excluding hydrogens is 320 g/mol. The zero-order valence-electron chi connectivity index (χ0n) is 14.7. The van der Waals surface area contributed by atoms with Gasteiger partial charge in [-0.3, -0.25) is 14.9 Å². The SMILES string of the molecule is CCCOc1ccc(C(=O)Nc2c(C)cc([N+](=O)[O-])cc2CC)cc1. The maximum absolute atomic E-state index is 12.5. The molecule has 0 bridgehead atoms. The number of hydrogen-bond donors (Lipinski definition) is 1. The van der Waals surface area contributed by atoms with E-state index in [1.807, 2.05) is 13.8 Å². The van der Waals surface area contributed by atoms with Crippen LogP contribution in [0.2, 0.25) is 0 Å². The molecule has 0 aliphatic heterocycles. The molecule has 0 radical (unpaired) electrons. The maximum Gasteiger partial charge on any atom is 0.270 e. The highest BCUT2D eigenvalue weighted by Crippen LogP contribution is 2.28. The number of amides is 1. The Bertz CT molecular complexity index is 770. The molecule has 0 aliphatic rings. The molecule has 0 spiro atoms. The third-order valence-corrected chi connectivity index (χ3v) is 3.82. The second-order valence-electron chi connectivity index (χ2n) is 5.73. The topological polar surface area (TPSA) is 81.5 Å². The first-order valence-corrected chi connectivity index (χ1v) is 8.28. The van der Waals surface area contributed by atoms with Gasteiger partial charge in [0.25, 0.3) is 11.6 Å². The first kappa shape index (κ1) is 18.4. The fourth-order valence-corrected chi connectivity index (χ4v) is 2.51. The summed E-state index contributed by atoms with van der Waals surface area (Å²) in [5, 5.41) is 13.9. The molecule has 2 aromatic carbocycles. The Morgan fingerprint density at radius 3 is 2.44 bits per heavy atom. The number of anilines is 1. The Balaban J connectivity index is 2.21. The second-order valence-corrected chi connectivity index (χ2v) is 5.73. The van der Waals surface area contributed by atoms with Crippen molar-refractivity contribution in [2.75, 3.05) is 11.9 Å². The first-order chi connectivity index (χ1) is 12.0. The van der Waals surface area contributed by atoms with E-state index in [9.17, 15) is 14.9 Å². The third-order valence-electron chi connectivity index (χ3n) is 3.82. The van der Waals surface area contributed by atoms with E-state index in [4.69, 9.17) is 4.74 Å². The van der Waals surface area contributed by atoms with Crippen molar-refractivity contribution in [2.24, 2.45) is 0 Å². The average molecular weight is 342 g/mol. The van der Waals surface area contributed by atoms with E-state index < -0.39 is 4.92 Å². The molecule has 6 heteroatoms. The highest BCUT2D eigenvalue weighted by molar-refractivity contribution is 6.05. The quantitative estimate of drug-likeness (QED) is 0.593. The van der Waals surface area contributed by atoms with Crippen molar-refractivity contribution in [3.05, 3.63) is 63.2 Å². The normalized spacial score (nSPS) is 10.4. The van der Waals surface area contributed by atoms with E-state index >= 15 is 0 Å². The molecule has 0 aromatic heterocycles. The van der Waals surface area contributed by atoms with Crippen LogP contribution in [0.15, 0.2) is 36.4 Å². The van der Waals surface area contributed by atoms with Crippen molar-refractivity contribution in [3.8, 4) is 5.75 Å². The summed E-state index contributed by atoms with van der Waals surface area (Å²) in [5.41, 5.74) is 2.57. The molecule has 0 heterocycles. The number of aryl methyl sites for hydroxylation is 2. The van der Waals surface area contributed by atoms with Crippen LogP contribution in [-0.2, 0) is 6.42 Å². The minimum atomic E-state index is -0.424. The number of benzene rings is 2. The number of non-ortho nitro benzene ring substituents is 1. The monoisotopic (exact) mass is 342 g/mol. The number of nitrogens with zero attached hydrogens (tertiary/aromatic N) is 1. The molecule has 25 heavy (non-hydrogen) atoms. The predicted molar refractivity (Wildman–Crippen MR) is 97.4 cm³/mol. The van der Waals surface area contributed by atoms with Crippen LogP contribution in [0.4, 0.5) is 11.4 Å². The molecule has 1 amide bonds. The first-order valence-electron chi connectivity index (χ1n) is 8.28. The number of rotatable bonds is 7. The van der Waals surface area contributed by atoms with Gasteiger partial charge in [-0.05, 0) is 55.2 Å². The Morgan fingerprint density at radius 1 is 1.20 bits per heavy atom. The van der Waals surface area contributed by atoms with Crippen molar-refractivity contribution in [2.45, 2.75) is 33.6 Å². The number of nitro groups is 1. The van der Waals surface area contributed by atoms with Crippen LogP contribution in [-0.4, -0.2) is 17.4 Å². The molecule has 0 fully saturated rings. The molecule has 6 nitrogen and oxygen atoms in total. The van der Waals surface area contributed by atoms with Crippen LogP contribution in [0.5, 0.6) is 5.75 Å². The number of ether oxygens (including phenoxy) is 1. The zero-order valence-corrected chi connectivity index (χ0v) is 14.7. The van der Waals surface area contributed by atoms with Gasteiger partial charge in [0.15, 0.2) is 0 Å². The smallest absolute Gasteiger partial charge is 0.270 e. The standard InChI is InChI=1S/C19H22N2O4/c1-4-10-25-17-8-6-15(7-9-17)19(22)20-18-13(3)11-16(21(23)24)12-14(18)5-2/h6-9,11-12H,4-5,10H2,1-3H3,(H,20,22). The largest absolute Gasteiger partial charge is 0.494 e. The number of hydrogen-bond acceptors (Lipinski definition) is 4. The Kier molecular flexibility index (Phi) is 6.11. The maximum atomic E-state index is 12.5.